The van der Waals surface area contributed by atoms with Gasteiger partial charge in [-0.3, -0.25) is 9.10 Å². The zero-order valence-corrected chi connectivity index (χ0v) is 20.0. The van der Waals surface area contributed by atoms with Gasteiger partial charge in [0.1, 0.15) is 5.75 Å². The second-order valence-corrected chi connectivity index (χ2v) is 9.51. The van der Waals surface area contributed by atoms with Crippen molar-refractivity contribution in [2.45, 2.75) is 18.7 Å². The van der Waals surface area contributed by atoms with Gasteiger partial charge in [-0.25, -0.2) is 13.2 Å². The Morgan fingerprint density at radius 3 is 2.27 bits per heavy atom. The van der Waals surface area contributed by atoms with Crippen LogP contribution in [0.1, 0.15) is 32.1 Å². The summed E-state index contributed by atoms with van der Waals surface area (Å²) in [6, 6.07) is 13.8. The summed E-state index contributed by atoms with van der Waals surface area (Å²) in [5.74, 6) is -0.505. The summed E-state index contributed by atoms with van der Waals surface area (Å²) in [6.07, 6.45) is 0. The van der Waals surface area contributed by atoms with Gasteiger partial charge < -0.3 is 14.0 Å². The van der Waals surface area contributed by atoms with Crippen LogP contribution in [0, 0.1) is 13.8 Å². The molecule has 0 fully saturated rings. The third-order valence-corrected chi connectivity index (χ3v) is 7.36. The Bertz CT molecular complexity index is 1290. The number of esters is 1. The quantitative estimate of drug-likeness (QED) is 0.369. The van der Waals surface area contributed by atoms with Crippen LogP contribution >= 0.6 is 0 Å². The normalized spacial score (nSPS) is 11.2. The molecule has 9 heteroatoms. The van der Waals surface area contributed by atoms with Crippen molar-refractivity contribution in [3.05, 3.63) is 77.1 Å². The van der Waals surface area contributed by atoms with Crippen molar-refractivity contribution in [1.82, 2.24) is 4.57 Å². The number of ketones is 1. The molecule has 33 heavy (non-hydrogen) atoms. The summed E-state index contributed by atoms with van der Waals surface area (Å²) in [5, 5.41) is 0. The Balaban J connectivity index is 1.75. The maximum Gasteiger partial charge on any atom is 0.338 e. The summed E-state index contributed by atoms with van der Waals surface area (Å²) in [4.78, 5) is 24.9. The molecule has 0 amide bonds. The first-order valence-electron chi connectivity index (χ1n) is 10.1. The number of Topliss-reactive ketones (excluding diaryl/α,β-unsaturated/α-hetero) is 1. The van der Waals surface area contributed by atoms with E-state index in [-0.39, 0.29) is 16.2 Å². The van der Waals surface area contributed by atoms with Crippen LogP contribution in [0.3, 0.4) is 0 Å². The molecule has 0 aliphatic rings. The van der Waals surface area contributed by atoms with E-state index < -0.39 is 22.6 Å². The van der Waals surface area contributed by atoms with Crippen LogP contribution in [0.2, 0.25) is 0 Å². The number of methoxy groups -OCH3 is 1. The summed E-state index contributed by atoms with van der Waals surface area (Å²) >= 11 is 0. The summed E-state index contributed by atoms with van der Waals surface area (Å²) < 4.78 is 39.4. The lowest BCUT2D eigenvalue weighted by atomic mass is 10.1. The summed E-state index contributed by atoms with van der Waals surface area (Å²) in [5.41, 5.74) is 2.65. The molecule has 0 spiro atoms. The lowest BCUT2D eigenvalue weighted by Crippen LogP contribution is -2.26. The van der Waals surface area contributed by atoms with E-state index in [9.17, 15) is 18.0 Å². The van der Waals surface area contributed by atoms with Crippen molar-refractivity contribution in [3.63, 3.8) is 0 Å². The standard InChI is InChI=1S/C24H26N2O6S/c1-16-13-22(17(2)25(16)3)23(27)15-32-24(28)18-7-6-8-21(14-18)33(29,30)26(4)19-9-11-20(31-5)12-10-19/h6-14H,15H2,1-5H3. The highest BCUT2D eigenvalue weighted by Crippen LogP contribution is 2.25. The van der Waals surface area contributed by atoms with Crippen molar-refractivity contribution in [2.24, 2.45) is 7.05 Å². The van der Waals surface area contributed by atoms with E-state index in [0.29, 0.717) is 17.0 Å². The molecule has 0 atom stereocenters. The van der Waals surface area contributed by atoms with Gasteiger partial charge in [0.2, 0.25) is 5.78 Å². The fourth-order valence-electron chi connectivity index (χ4n) is 3.30. The number of carbonyl (C=O) groups excluding carboxylic acids is 2. The van der Waals surface area contributed by atoms with Gasteiger partial charge in [-0.15, -0.1) is 0 Å². The van der Waals surface area contributed by atoms with E-state index in [2.05, 4.69) is 0 Å². The Hall–Kier alpha value is -3.59. The van der Waals surface area contributed by atoms with E-state index in [1.54, 1.807) is 30.3 Å². The van der Waals surface area contributed by atoms with Crippen LogP contribution < -0.4 is 9.04 Å². The first-order valence-corrected chi connectivity index (χ1v) is 11.6. The van der Waals surface area contributed by atoms with Crippen LogP contribution in [0.15, 0.2) is 59.5 Å². The van der Waals surface area contributed by atoms with E-state index in [4.69, 9.17) is 9.47 Å². The fraction of sp³-hybridized carbons (Fsp3) is 0.250. The SMILES string of the molecule is COc1ccc(N(C)S(=O)(=O)c2cccc(C(=O)OCC(=O)c3cc(C)n(C)c3C)c2)cc1. The zero-order valence-electron chi connectivity index (χ0n) is 19.2. The number of ether oxygens (including phenoxy) is 2. The summed E-state index contributed by atoms with van der Waals surface area (Å²) in [7, 11) is 0.860. The Labute approximate surface area is 193 Å². The molecule has 1 heterocycles. The van der Waals surface area contributed by atoms with Gasteiger partial charge in [0, 0.05) is 31.0 Å². The molecule has 0 saturated heterocycles. The maximum atomic E-state index is 13.1. The molecule has 0 aliphatic carbocycles. The highest BCUT2D eigenvalue weighted by atomic mass is 32.2. The fourth-order valence-corrected chi connectivity index (χ4v) is 4.54. The largest absolute Gasteiger partial charge is 0.497 e. The van der Waals surface area contributed by atoms with Gasteiger partial charge in [-0.1, -0.05) is 6.07 Å². The van der Waals surface area contributed by atoms with Gasteiger partial charge in [0.05, 0.1) is 23.3 Å². The minimum absolute atomic E-state index is 0.0352. The van der Waals surface area contributed by atoms with Crippen LogP contribution in [-0.4, -0.2) is 45.5 Å². The Morgan fingerprint density at radius 1 is 1.03 bits per heavy atom. The molecule has 0 bridgehead atoms. The Kier molecular flexibility index (Phi) is 6.92. The smallest absolute Gasteiger partial charge is 0.338 e. The van der Waals surface area contributed by atoms with E-state index in [1.807, 2.05) is 25.5 Å². The molecule has 3 rings (SSSR count). The van der Waals surface area contributed by atoms with Crippen molar-refractivity contribution in [2.75, 3.05) is 25.1 Å². The number of carbonyl (C=O) groups is 2. The highest BCUT2D eigenvalue weighted by Gasteiger charge is 2.23. The molecule has 1 aromatic heterocycles. The second-order valence-electron chi connectivity index (χ2n) is 7.54. The number of aromatic nitrogens is 1. The molecule has 0 saturated carbocycles. The number of rotatable bonds is 8. The number of hydrogen-bond acceptors (Lipinski definition) is 6. The lowest BCUT2D eigenvalue weighted by Gasteiger charge is -2.20. The van der Waals surface area contributed by atoms with E-state index >= 15 is 0 Å². The van der Waals surface area contributed by atoms with E-state index in [1.165, 1.54) is 38.4 Å². The van der Waals surface area contributed by atoms with Gasteiger partial charge in [-0.05, 0) is 62.4 Å². The number of sulfonamides is 1. The van der Waals surface area contributed by atoms with Crippen molar-refractivity contribution in [1.29, 1.82) is 0 Å². The maximum absolute atomic E-state index is 13.1. The number of nitrogens with zero attached hydrogens (tertiary/aromatic N) is 2. The average Bonchev–Trinajstić information content (AvgIpc) is 3.09. The van der Waals surface area contributed by atoms with Crippen molar-refractivity contribution >= 4 is 27.5 Å². The molecule has 0 aliphatic heterocycles. The third kappa shape index (κ3) is 4.93. The molecule has 174 valence electrons. The van der Waals surface area contributed by atoms with Crippen molar-refractivity contribution in [3.8, 4) is 5.75 Å². The van der Waals surface area contributed by atoms with Gasteiger partial charge in [0.25, 0.3) is 10.0 Å². The number of aryl methyl sites for hydroxylation is 1. The molecule has 0 N–H and O–H groups in total. The molecule has 0 radical (unpaired) electrons. The predicted octanol–water partition coefficient (Wildman–Crippen LogP) is 3.52. The highest BCUT2D eigenvalue weighted by molar-refractivity contribution is 7.92. The topological polar surface area (TPSA) is 94.9 Å². The minimum atomic E-state index is -3.93. The first-order chi connectivity index (χ1) is 15.6. The monoisotopic (exact) mass is 470 g/mol. The molecular weight excluding hydrogens is 444 g/mol. The number of benzene rings is 2. The number of anilines is 1. The van der Waals surface area contributed by atoms with Crippen LogP contribution in [0.4, 0.5) is 5.69 Å². The van der Waals surface area contributed by atoms with Gasteiger partial charge in [-0.2, -0.15) is 0 Å². The van der Waals surface area contributed by atoms with Crippen LogP contribution in [0.25, 0.3) is 0 Å². The molecule has 2 aromatic carbocycles. The average molecular weight is 471 g/mol. The molecular formula is C24H26N2O6S. The first kappa shape index (κ1) is 24.1. The van der Waals surface area contributed by atoms with Gasteiger partial charge >= 0.3 is 5.97 Å². The number of hydrogen-bond donors (Lipinski definition) is 0. The van der Waals surface area contributed by atoms with Crippen LogP contribution in [0.5, 0.6) is 5.75 Å². The van der Waals surface area contributed by atoms with E-state index in [0.717, 1.165) is 15.7 Å². The molecule has 3 aromatic rings. The van der Waals surface area contributed by atoms with Gasteiger partial charge in [0.15, 0.2) is 6.61 Å². The zero-order chi connectivity index (χ0) is 24.3. The minimum Gasteiger partial charge on any atom is -0.497 e. The molecule has 0 unspecified atom stereocenters. The van der Waals surface area contributed by atoms with Crippen LogP contribution in [-0.2, 0) is 21.8 Å². The lowest BCUT2D eigenvalue weighted by molar-refractivity contribution is 0.0474. The predicted molar refractivity (Wildman–Crippen MR) is 125 cm³/mol. The second kappa shape index (κ2) is 9.50. The van der Waals surface area contributed by atoms with Crippen molar-refractivity contribution < 1.29 is 27.5 Å². The third-order valence-electron chi connectivity index (χ3n) is 5.57. The molecule has 8 nitrogen and oxygen atoms in total. The summed E-state index contributed by atoms with van der Waals surface area (Å²) in [6.45, 7) is 3.26. The Morgan fingerprint density at radius 2 is 1.70 bits per heavy atom.